The number of aromatic nitrogens is 1. The van der Waals surface area contributed by atoms with Crippen LogP contribution in [0.3, 0.4) is 0 Å². The highest BCUT2D eigenvalue weighted by Gasteiger charge is 2.22. The van der Waals surface area contributed by atoms with Gasteiger partial charge in [0.05, 0.1) is 6.61 Å². The first-order chi connectivity index (χ1) is 9.63. The lowest BCUT2D eigenvalue weighted by atomic mass is 9.83. The van der Waals surface area contributed by atoms with Crippen LogP contribution in [-0.2, 0) is 0 Å². The van der Waals surface area contributed by atoms with Crippen LogP contribution in [0.15, 0.2) is 42.6 Å². The number of ether oxygens (including phenoxy) is 1. The van der Waals surface area contributed by atoms with Gasteiger partial charge in [0.1, 0.15) is 5.82 Å². The summed E-state index contributed by atoms with van der Waals surface area (Å²) in [6.45, 7) is 6.83. The van der Waals surface area contributed by atoms with Gasteiger partial charge < -0.3 is 4.74 Å². The van der Waals surface area contributed by atoms with Crippen molar-refractivity contribution in [2.45, 2.75) is 26.7 Å². The summed E-state index contributed by atoms with van der Waals surface area (Å²) in [5.74, 6) is 0.959. The minimum atomic E-state index is -0.215. The monoisotopic (exact) mass is 273 g/mol. The molecule has 2 nitrogen and oxygen atoms in total. The van der Waals surface area contributed by atoms with Crippen molar-refractivity contribution in [2.75, 3.05) is 6.61 Å². The van der Waals surface area contributed by atoms with Crippen molar-refractivity contribution in [1.29, 1.82) is 0 Å². The second-order valence-electron chi connectivity index (χ2n) is 5.10. The predicted octanol–water partition coefficient (Wildman–Crippen LogP) is 4.41. The van der Waals surface area contributed by atoms with Gasteiger partial charge in [-0.05, 0) is 36.6 Å². The van der Waals surface area contributed by atoms with Crippen LogP contribution in [0.1, 0.15) is 37.8 Å². The van der Waals surface area contributed by atoms with Crippen LogP contribution in [0, 0.1) is 11.7 Å². The normalized spacial score (nSPS) is 12.4. The van der Waals surface area contributed by atoms with E-state index in [0.717, 1.165) is 11.1 Å². The lowest BCUT2D eigenvalue weighted by molar-refractivity contribution is 0.319. The van der Waals surface area contributed by atoms with E-state index in [9.17, 15) is 4.39 Å². The lowest BCUT2D eigenvalue weighted by Gasteiger charge is -2.23. The lowest BCUT2D eigenvalue weighted by Crippen LogP contribution is -2.11. The molecule has 0 spiro atoms. The molecule has 1 aromatic carbocycles. The molecule has 1 heterocycles. The van der Waals surface area contributed by atoms with Gasteiger partial charge >= 0.3 is 0 Å². The van der Waals surface area contributed by atoms with E-state index in [-0.39, 0.29) is 11.7 Å². The van der Waals surface area contributed by atoms with Gasteiger partial charge in [-0.3, -0.25) is 0 Å². The van der Waals surface area contributed by atoms with Gasteiger partial charge in [-0.2, -0.15) is 0 Å². The third kappa shape index (κ3) is 3.16. The Morgan fingerprint density at radius 1 is 1.15 bits per heavy atom. The number of hydrogen-bond donors (Lipinski definition) is 0. The molecule has 0 amide bonds. The number of rotatable bonds is 5. The molecule has 3 heteroatoms. The van der Waals surface area contributed by atoms with E-state index >= 15 is 0 Å². The van der Waals surface area contributed by atoms with E-state index in [1.807, 2.05) is 31.2 Å². The Balaban J connectivity index is 2.46. The molecule has 0 saturated carbocycles. The Hall–Kier alpha value is -1.90. The van der Waals surface area contributed by atoms with Crippen molar-refractivity contribution in [3.63, 3.8) is 0 Å². The van der Waals surface area contributed by atoms with Crippen LogP contribution in [-0.4, -0.2) is 11.6 Å². The molecule has 0 aliphatic rings. The fourth-order valence-electron chi connectivity index (χ4n) is 2.49. The fourth-order valence-corrected chi connectivity index (χ4v) is 2.49. The van der Waals surface area contributed by atoms with Crippen LogP contribution in [0.5, 0.6) is 5.88 Å². The molecule has 2 rings (SSSR count). The standard InChI is InChI=1S/C17H20FNO/c1-4-20-17-15(6-5-11-19-17)16(12(2)3)13-7-9-14(18)10-8-13/h5-12,16H,4H2,1-3H3. The largest absolute Gasteiger partial charge is 0.478 e. The molecule has 0 fully saturated rings. The van der Waals surface area contributed by atoms with Gasteiger partial charge in [0.15, 0.2) is 0 Å². The zero-order valence-corrected chi connectivity index (χ0v) is 12.1. The fraction of sp³-hybridized carbons (Fsp3) is 0.353. The van der Waals surface area contributed by atoms with Crippen LogP contribution in [0.25, 0.3) is 0 Å². The van der Waals surface area contributed by atoms with Crippen molar-refractivity contribution in [3.05, 3.63) is 59.5 Å². The second-order valence-corrected chi connectivity index (χ2v) is 5.10. The van der Waals surface area contributed by atoms with Crippen molar-refractivity contribution in [3.8, 4) is 5.88 Å². The number of nitrogens with zero attached hydrogens (tertiary/aromatic N) is 1. The minimum Gasteiger partial charge on any atom is -0.478 e. The zero-order chi connectivity index (χ0) is 14.5. The highest BCUT2D eigenvalue weighted by Crippen LogP contribution is 2.36. The highest BCUT2D eigenvalue weighted by atomic mass is 19.1. The van der Waals surface area contributed by atoms with E-state index in [1.165, 1.54) is 12.1 Å². The molecule has 1 unspecified atom stereocenters. The molecule has 1 aromatic heterocycles. The molecular formula is C17H20FNO. The smallest absolute Gasteiger partial charge is 0.217 e. The summed E-state index contributed by atoms with van der Waals surface area (Å²) < 4.78 is 18.7. The summed E-state index contributed by atoms with van der Waals surface area (Å²) in [4.78, 5) is 4.32. The van der Waals surface area contributed by atoms with Crippen molar-refractivity contribution >= 4 is 0 Å². The molecule has 0 N–H and O–H groups in total. The first kappa shape index (κ1) is 14.5. The Kier molecular flexibility index (Phi) is 4.72. The van der Waals surface area contributed by atoms with Crippen LogP contribution in [0.4, 0.5) is 4.39 Å². The van der Waals surface area contributed by atoms with E-state index in [0.29, 0.717) is 18.4 Å². The number of halogens is 1. The molecule has 0 saturated heterocycles. The summed E-state index contributed by atoms with van der Waals surface area (Å²) in [6, 6.07) is 10.6. The van der Waals surface area contributed by atoms with Gasteiger partial charge in [0, 0.05) is 17.7 Å². The molecule has 1 atom stereocenters. The SMILES string of the molecule is CCOc1ncccc1C(c1ccc(F)cc1)C(C)C. The molecule has 0 aliphatic carbocycles. The van der Waals surface area contributed by atoms with Crippen molar-refractivity contribution in [2.24, 2.45) is 5.92 Å². The van der Waals surface area contributed by atoms with Crippen molar-refractivity contribution in [1.82, 2.24) is 4.98 Å². The van der Waals surface area contributed by atoms with E-state index < -0.39 is 0 Å². The average molecular weight is 273 g/mol. The molecule has 106 valence electrons. The third-order valence-corrected chi connectivity index (χ3v) is 3.31. The van der Waals surface area contributed by atoms with E-state index in [2.05, 4.69) is 18.8 Å². The molecule has 0 bridgehead atoms. The zero-order valence-electron chi connectivity index (χ0n) is 12.1. The van der Waals surface area contributed by atoms with Gasteiger partial charge in [0.2, 0.25) is 5.88 Å². The summed E-state index contributed by atoms with van der Waals surface area (Å²) >= 11 is 0. The Morgan fingerprint density at radius 2 is 1.85 bits per heavy atom. The number of benzene rings is 1. The topological polar surface area (TPSA) is 22.1 Å². The van der Waals surface area contributed by atoms with Gasteiger partial charge in [-0.25, -0.2) is 9.37 Å². The quantitative estimate of drug-likeness (QED) is 0.805. The first-order valence-corrected chi connectivity index (χ1v) is 6.96. The molecule has 2 aromatic rings. The summed E-state index contributed by atoms with van der Waals surface area (Å²) in [5, 5.41) is 0. The summed E-state index contributed by atoms with van der Waals surface area (Å²) in [6.07, 6.45) is 1.73. The van der Waals surface area contributed by atoms with E-state index in [4.69, 9.17) is 4.74 Å². The first-order valence-electron chi connectivity index (χ1n) is 6.96. The predicted molar refractivity (Wildman–Crippen MR) is 78.5 cm³/mol. The Morgan fingerprint density at radius 3 is 2.45 bits per heavy atom. The highest BCUT2D eigenvalue weighted by molar-refractivity contribution is 5.38. The molecular weight excluding hydrogens is 253 g/mol. The second kappa shape index (κ2) is 6.51. The van der Waals surface area contributed by atoms with Crippen molar-refractivity contribution < 1.29 is 9.13 Å². The average Bonchev–Trinajstić information content (AvgIpc) is 2.43. The molecule has 0 radical (unpaired) electrons. The van der Waals surface area contributed by atoms with Crippen LogP contribution in [0.2, 0.25) is 0 Å². The van der Waals surface area contributed by atoms with E-state index in [1.54, 1.807) is 6.20 Å². The Bertz CT molecular complexity index is 551. The summed E-state index contributed by atoms with van der Waals surface area (Å²) in [7, 11) is 0. The van der Waals surface area contributed by atoms with Crippen LogP contribution < -0.4 is 4.74 Å². The molecule has 0 aliphatic heterocycles. The maximum atomic E-state index is 13.1. The Labute approximate surface area is 119 Å². The third-order valence-electron chi connectivity index (χ3n) is 3.31. The minimum absolute atomic E-state index is 0.144. The van der Waals surface area contributed by atoms with Gasteiger partial charge in [0.25, 0.3) is 0 Å². The maximum Gasteiger partial charge on any atom is 0.217 e. The van der Waals surface area contributed by atoms with Crippen LogP contribution >= 0.6 is 0 Å². The number of pyridine rings is 1. The van der Waals surface area contributed by atoms with Gasteiger partial charge in [-0.1, -0.05) is 32.0 Å². The summed E-state index contributed by atoms with van der Waals surface area (Å²) in [5.41, 5.74) is 2.13. The maximum absolute atomic E-state index is 13.1. The molecule has 20 heavy (non-hydrogen) atoms. The number of hydrogen-bond acceptors (Lipinski definition) is 2. The van der Waals surface area contributed by atoms with Gasteiger partial charge in [-0.15, -0.1) is 0 Å².